The maximum absolute atomic E-state index is 12.3. The molecule has 0 amide bonds. The maximum Gasteiger partial charge on any atom is 0.331 e. The summed E-state index contributed by atoms with van der Waals surface area (Å²) in [6.07, 6.45) is 4.61. The Morgan fingerprint density at radius 1 is 1.42 bits per heavy atom. The minimum absolute atomic E-state index is 0.0197. The number of halogens is 1. The highest BCUT2D eigenvalue weighted by atomic mass is 127. The monoisotopic (exact) mass is 378 g/mol. The van der Waals surface area contributed by atoms with Gasteiger partial charge in [-0.25, -0.2) is 4.79 Å². The van der Waals surface area contributed by atoms with E-state index in [1.807, 2.05) is 36.4 Å². The molecule has 2 rings (SSSR count). The lowest BCUT2D eigenvalue weighted by Gasteiger charge is -2.14. The van der Waals surface area contributed by atoms with Crippen molar-refractivity contribution in [1.82, 2.24) is 9.13 Å². The number of hydrogen-bond donors (Lipinski definition) is 0. The number of aromatic nitrogens is 2. The fourth-order valence-corrected chi connectivity index (χ4v) is 3.03. The number of hydrogen-bond acceptors (Lipinski definition) is 3. The minimum atomic E-state index is -0.226. The second-order valence-electron chi connectivity index (χ2n) is 5.01. The van der Waals surface area contributed by atoms with E-state index in [1.54, 1.807) is 10.8 Å². The maximum atomic E-state index is 12.3. The average Bonchev–Trinajstić information content (AvgIpc) is 2.77. The molecule has 1 aromatic heterocycles. The Hall–Kier alpha value is -0.630. The van der Waals surface area contributed by atoms with Crippen LogP contribution in [0.3, 0.4) is 0 Å². The fourth-order valence-electron chi connectivity index (χ4n) is 2.40. The highest BCUT2D eigenvalue weighted by Gasteiger charge is 2.23. The van der Waals surface area contributed by atoms with Crippen LogP contribution in [0.15, 0.2) is 15.8 Å². The van der Waals surface area contributed by atoms with E-state index >= 15 is 0 Å². The SMILES string of the molecule is CCCn1cc(I)c(=O)n(CC2CCC(C)O2)c1=O. The normalized spacial score (nSPS) is 22.9. The Labute approximate surface area is 125 Å². The first-order chi connectivity index (χ1) is 9.02. The van der Waals surface area contributed by atoms with Gasteiger partial charge in [0.1, 0.15) is 0 Å². The zero-order valence-corrected chi connectivity index (χ0v) is 13.4. The Balaban J connectivity index is 2.33. The van der Waals surface area contributed by atoms with Crippen molar-refractivity contribution in [2.45, 2.75) is 58.4 Å². The lowest BCUT2D eigenvalue weighted by molar-refractivity contribution is 0.0441. The van der Waals surface area contributed by atoms with Gasteiger partial charge >= 0.3 is 5.69 Å². The molecular weight excluding hydrogens is 359 g/mol. The van der Waals surface area contributed by atoms with Gasteiger partial charge in [-0.1, -0.05) is 6.92 Å². The van der Waals surface area contributed by atoms with Crippen LogP contribution in [0.1, 0.15) is 33.1 Å². The van der Waals surface area contributed by atoms with E-state index in [0.29, 0.717) is 16.7 Å². The van der Waals surface area contributed by atoms with E-state index in [1.165, 1.54) is 4.57 Å². The molecule has 1 aromatic rings. The molecule has 1 aliphatic rings. The second kappa shape index (κ2) is 6.21. The van der Waals surface area contributed by atoms with Crippen molar-refractivity contribution in [1.29, 1.82) is 0 Å². The van der Waals surface area contributed by atoms with E-state index < -0.39 is 0 Å². The van der Waals surface area contributed by atoms with Crippen LogP contribution in [-0.2, 0) is 17.8 Å². The molecule has 19 heavy (non-hydrogen) atoms. The van der Waals surface area contributed by atoms with Crippen LogP contribution in [0.25, 0.3) is 0 Å². The van der Waals surface area contributed by atoms with Crippen LogP contribution in [0, 0.1) is 3.57 Å². The van der Waals surface area contributed by atoms with Gasteiger partial charge in [-0.2, -0.15) is 0 Å². The minimum Gasteiger partial charge on any atom is -0.373 e. The number of aryl methyl sites for hydroxylation is 1. The summed E-state index contributed by atoms with van der Waals surface area (Å²) in [4.78, 5) is 24.4. The molecule has 5 nitrogen and oxygen atoms in total. The van der Waals surface area contributed by atoms with Crippen molar-refractivity contribution in [3.05, 3.63) is 30.6 Å². The first-order valence-electron chi connectivity index (χ1n) is 6.68. The van der Waals surface area contributed by atoms with Gasteiger partial charge in [0.2, 0.25) is 0 Å². The number of rotatable bonds is 4. The van der Waals surface area contributed by atoms with Gasteiger partial charge in [-0.15, -0.1) is 0 Å². The fraction of sp³-hybridized carbons (Fsp3) is 0.692. The Morgan fingerprint density at radius 3 is 2.74 bits per heavy atom. The van der Waals surface area contributed by atoms with E-state index in [-0.39, 0.29) is 23.5 Å². The quantitative estimate of drug-likeness (QED) is 0.748. The first kappa shape index (κ1) is 14.8. The van der Waals surface area contributed by atoms with Crippen molar-refractivity contribution in [3.63, 3.8) is 0 Å². The van der Waals surface area contributed by atoms with Crippen LogP contribution in [0.5, 0.6) is 0 Å². The molecule has 1 aliphatic heterocycles. The zero-order chi connectivity index (χ0) is 14.0. The van der Waals surface area contributed by atoms with Gasteiger partial charge in [0.05, 0.1) is 22.3 Å². The predicted molar refractivity (Wildman–Crippen MR) is 81.5 cm³/mol. The third-order valence-corrected chi connectivity index (χ3v) is 4.11. The van der Waals surface area contributed by atoms with E-state index in [9.17, 15) is 9.59 Å². The molecule has 2 unspecified atom stereocenters. The number of ether oxygens (including phenoxy) is 1. The topological polar surface area (TPSA) is 53.2 Å². The van der Waals surface area contributed by atoms with Gasteiger partial charge in [0.25, 0.3) is 5.56 Å². The van der Waals surface area contributed by atoms with Crippen LogP contribution >= 0.6 is 22.6 Å². The summed E-state index contributed by atoms with van der Waals surface area (Å²) < 4.78 is 9.22. The molecule has 1 saturated heterocycles. The summed E-state index contributed by atoms with van der Waals surface area (Å²) >= 11 is 1.99. The third-order valence-electron chi connectivity index (χ3n) is 3.37. The van der Waals surface area contributed by atoms with Gasteiger partial charge in [-0.3, -0.25) is 13.9 Å². The van der Waals surface area contributed by atoms with Gasteiger partial charge in [-0.05, 0) is 48.8 Å². The van der Waals surface area contributed by atoms with E-state index in [2.05, 4.69) is 0 Å². The summed E-state index contributed by atoms with van der Waals surface area (Å²) in [5.41, 5.74) is -0.434. The summed E-state index contributed by atoms with van der Waals surface area (Å²) in [6.45, 7) is 5.03. The highest BCUT2D eigenvalue weighted by molar-refractivity contribution is 14.1. The molecule has 0 aliphatic carbocycles. The molecular formula is C13H19IN2O3. The highest BCUT2D eigenvalue weighted by Crippen LogP contribution is 2.19. The van der Waals surface area contributed by atoms with Crippen molar-refractivity contribution < 1.29 is 4.74 Å². The Morgan fingerprint density at radius 2 is 2.16 bits per heavy atom. The molecule has 1 fully saturated rings. The standard InChI is InChI=1S/C13H19IN2O3/c1-3-6-15-8-11(14)12(17)16(13(15)18)7-10-5-4-9(2)19-10/h8-10H,3-7H2,1-2H3. The molecule has 0 aromatic carbocycles. The van der Waals surface area contributed by atoms with Crippen LogP contribution in [0.4, 0.5) is 0 Å². The van der Waals surface area contributed by atoms with Gasteiger partial charge < -0.3 is 4.74 Å². The molecule has 2 heterocycles. The summed E-state index contributed by atoms with van der Waals surface area (Å²) in [6, 6.07) is 0. The molecule has 6 heteroatoms. The van der Waals surface area contributed by atoms with E-state index in [0.717, 1.165) is 19.3 Å². The molecule has 0 spiro atoms. The van der Waals surface area contributed by atoms with Crippen molar-refractivity contribution >= 4 is 22.6 Å². The molecule has 106 valence electrons. The molecule has 2 atom stereocenters. The second-order valence-corrected chi connectivity index (χ2v) is 6.18. The Kier molecular flexibility index (Phi) is 4.83. The van der Waals surface area contributed by atoms with Crippen molar-refractivity contribution in [3.8, 4) is 0 Å². The summed E-state index contributed by atoms with van der Waals surface area (Å²) in [5.74, 6) is 0. The van der Waals surface area contributed by atoms with Crippen molar-refractivity contribution in [2.75, 3.05) is 0 Å². The zero-order valence-electron chi connectivity index (χ0n) is 11.3. The predicted octanol–water partition coefficient (Wildman–Crippen LogP) is 1.59. The third kappa shape index (κ3) is 3.28. The molecule has 0 bridgehead atoms. The Bertz CT molecular complexity index is 564. The van der Waals surface area contributed by atoms with Gasteiger partial charge in [0.15, 0.2) is 0 Å². The summed E-state index contributed by atoms with van der Waals surface area (Å²) in [7, 11) is 0. The smallest absolute Gasteiger partial charge is 0.331 e. The lowest BCUT2D eigenvalue weighted by Crippen LogP contribution is -2.43. The van der Waals surface area contributed by atoms with Crippen LogP contribution < -0.4 is 11.2 Å². The van der Waals surface area contributed by atoms with E-state index in [4.69, 9.17) is 4.74 Å². The average molecular weight is 378 g/mol. The molecule has 0 N–H and O–H groups in total. The largest absolute Gasteiger partial charge is 0.373 e. The van der Waals surface area contributed by atoms with Crippen molar-refractivity contribution in [2.24, 2.45) is 0 Å². The lowest BCUT2D eigenvalue weighted by atomic mass is 10.2. The first-order valence-corrected chi connectivity index (χ1v) is 7.76. The molecule has 0 saturated carbocycles. The van der Waals surface area contributed by atoms with Gasteiger partial charge in [0, 0.05) is 12.7 Å². The summed E-state index contributed by atoms with van der Waals surface area (Å²) in [5, 5.41) is 0. The van der Waals surface area contributed by atoms with Crippen LogP contribution in [0.2, 0.25) is 0 Å². The number of nitrogens with zero attached hydrogens (tertiary/aromatic N) is 2. The van der Waals surface area contributed by atoms with Crippen LogP contribution in [-0.4, -0.2) is 21.3 Å². The molecule has 0 radical (unpaired) electrons.